The third-order valence-corrected chi connectivity index (χ3v) is 5.60. The number of fused-ring (bicyclic) bond motifs is 1. The second kappa shape index (κ2) is 7.29. The molecule has 4 nitrogen and oxygen atoms in total. The Morgan fingerprint density at radius 2 is 1.67 bits per heavy atom. The van der Waals surface area contributed by atoms with E-state index < -0.39 is 0 Å². The van der Waals surface area contributed by atoms with Crippen LogP contribution in [0.4, 0.5) is 11.4 Å². The van der Waals surface area contributed by atoms with E-state index in [1.54, 1.807) is 12.1 Å². The average molecular weight is 374 g/mol. The molecule has 0 saturated carbocycles. The molecule has 0 aromatic heterocycles. The Balaban J connectivity index is 1.49. The Hall–Kier alpha value is -3.05. The second-order valence-electron chi connectivity index (χ2n) is 6.36. The topological polar surface area (TPSA) is 58.2 Å². The number of carbonyl (C=O) groups is 2. The fraction of sp³-hybridized carbons (Fsp3) is 0.0909. The van der Waals surface area contributed by atoms with Crippen LogP contribution in [0.25, 0.3) is 11.1 Å². The van der Waals surface area contributed by atoms with Gasteiger partial charge in [-0.1, -0.05) is 42.5 Å². The van der Waals surface area contributed by atoms with Gasteiger partial charge in [0.25, 0.3) is 5.91 Å². The van der Waals surface area contributed by atoms with Crippen LogP contribution in [0.1, 0.15) is 17.3 Å². The van der Waals surface area contributed by atoms with E-state index in [2.05, 4.69) is 10.6 Å². The zero-order valence-electron chi connectivity index (χ0n) is 14.7. The Kier molecular flexibility index (Phi) is 4.69. The molecule has 1 atom stereocenters. The quantitative estimate of drug-likeness (QED) is 0.675. The molecule has 0 bridgehead atoms. The lowest BCUT2D eigenvalue weighted by Gasteiger charge is -2.21. The SMILES string of the molecule is C[C@@H]1Sc2ccc(C(=O)Nc3ccc(-c4ccccc4)cc3)cc2NC1=O. The van der Waals surface area contributed by atoms with Gasteiger partial charge in [-0.15, -0.1) is 11.8 Å². The van der Waals surface area contributed by atoms with Crippen LogP contribution >= 0.6 is 11.8 Å². The van der Waals surface area contributed by atoms with Crippen molar-refractivity contribution in [2.75, 3.05) is 10.6 Å². The van der Waals surface area contributed by atoms with Crippen LogP contribution in [0.2, 0.25) is 0 Å². The number of anilines is 2. The largest absolute Gasteiger partial charge is 0.324 e. The summed E-state index contributed by atoms with van der Waals surface area (Å²) in [6, 6.07) is 23.2. The van der Waals surface area contributed by atoms with Crippen molar-refractivity contribution in [1.29, 1.82) is 0 Å². The predicted octanol–water partition coefficient (Wildman–Crippen LogP) is 5.04. The molecule has 4 rings (SSSR count). The lowest BCUT2D eigenvalue weighted by Crippen LogP contribution is -2.26. The first-order chi connectivity index (χ1) is 13.1. The molecule has 0 unspecified atom stereocenters. The highest BCUT2D eigenvalue weighted by molar-refractivity contribution is 8.00. The van der Waals surface area contributed by atoms with E-state index in [1.807, 2.05) is 67.6 Å². The number of benzene rings is 3. The number of amides is 2. The molecule has 0 aliphatic carbocycles. The number of rotatable bonds is 3. The molecule has 1 aliphatic heterocycles. The molecule has 3 aromatic rings. The molecule has 134 valence electrons. The lowest BCUT2D eigenvalue weighted by molar-refractivity contribution is -0.115. The highest BCUT2D eigenvalue weighted by atomic mass is 32.2. The predicted molar refractivity (Wildman–Crippen MR) is 110 cm³/mol. The minimum Gasteiger partial charge on any atom is -0.324 e. The molecule has 5 heteroatoms. The van der Waals surface area contributed by atoms with Crippen molar-refractivity contribution in [3.8, 4) is 11.1 Å². The molecule has 1 aliphatic rings. The van der Waals surface area contributed by atoms with E-state index in [0.29, 0.717) is 11.3 Å². The maximum Gasteiger partial charge on any atom is 0.255 e. The molecular weight excluding hydrogens is 356 g/mol. The minimum atomic E-state index is -0.205. The number of hydrogen-bond acceptors (Lipinski definition) is 3. The van der Waals surface area contributed by atoms with E-state index in [9.17, 15) is 9.59 Å². The fourth-order valence-electron chi connectivity index (χ4n) is 2.93. The minimum absolute atomic E-state index is 0.0402. The summed E-state index contributed by atoms with van der Waals surface area (Å²) in [5.41, 5.74) is 4.15. The number of hydrogen-bond donors (Lipinski definition) is 2. The molecular formula is C22H18N2O2S. The van der Waals surface area contributed by atoms with Crippen LogP contribution in [-0.4, -0.2) is 17.1 Å². The van der Waals surface area contributed by atoms with Gasteiger partial charge in [-0.25, -0.2) is 0 Å². The van der Waals surface area contributed by atoms with Gasteiger partial charge in [0.15, 0.2) is 0 Å². The molecule has 0 saturated heterocycles. The van der Waals surface area contributed by atoms with Crippen LogP contribution < -0.4 is 10.6 Å². The first-order valence-corrected chi connectivity index (χ1v) is 9.56. The first-order valence-electron chi connectivity index (χ1n) is 8.68. The Bertz CT molecular complexity index is 1000. The summed E-state index contributed by atoms with van der Waals surface area (Å²) in [5, 5.41) is 5.64. The van der Waals surface area contributed by atoms with Crippen molar-refractivity contribution < 1.29 is 9.59 Å². The molecule has 27 heavy (non-hydrogen) atoms. The van der Waals surface area contributed by atoms with Crippen molar-refractivity contribution in [3.63, 3.8) is 0 Å². The van der Waals surface area contributed by atoms with Crippen molar-refractivity contribution in [2.45, 2.75) is 17.1 Å². The summed E-state index contributed by atoms with van der Waals surface area (Å²) >= 11 is 1.50. The summed E-state index contributed by atoms with van der Waals surface area (Å²) in [7, 11) is 0. The second-order valence-corrected chi connectivity index (χ2v) is 7.74. The molecule has 1 heterocycles. The standard InChI is InChI=1S/C22H18N2O2S/c1-14-21(25)24-19-13-17(9-12-20(19)27-14)22(26)23-18-10-7-16(8-11-18)15-5-3-2-4-6-15/h2-14H,1H3,(H,23,26)(H,24,25)/t14-/m0/s1. The van der Waals surface area contributed by atoms with Gasteiger partial charge in [0.2, 0.25) is 5.91 Å². The average Bonchev–Trinajstić information content (AvgIpc) is 2.70. The van der Waals surface area contributed by atoms with Gasteiger partial charge in [-0.05, 0) is 48.4 Å². The zero-order valence-corrected chi connectivity index (χ0v) is 15.5. The van der Waals surface area contributed by atoms with Gasteiger partial charge in [-0.2, -0.15) is 0 Å². The monoisotopic (exact) mass is 374 g/mol. The van der Waals surface area contributed by atoms with Crippen molar-refractivity contribution in [3.05, 3.63) is 78.4 Å². The highest BCUT2D eigenvalue weighted by Gasteiger charge is 2.23. The van der Waals surface area contributed by atoms with Gasteiger partial charge in [-0.3, -0.25) is 9.59 Å². The highest BCUT2D eigenvalue weighted by Crippen LogP contribution is 2.36. The van der Waals surface area contributed by atoms with Crippen molar-refractivity contribution >= 4 is 35.0 Å². The van der Waals surface area contributed by atoms with Crippen LogP contribution in [0.15, 0.2) is 77.7 Å². The summed E-state index contributed by atoms with van der Waals surface area (Å²) < 4.78 is 0. The van der Waals surface area contributed by atoms with Crippen LogP contribution in [0, 0.1) is 0 Å². The van der Waals surface area contributed by atoms with Gasteiger partial charge < -0.3 is 10.6 Å². The Morgan fingerprint density at radius 3 is 2.41 bits per heavy atom. The van der Waals surface area contributed by atoms with E-state index in [0.717, 1.165) is 21.7 Å². The molecule has 2 N–H and O–H groups in total. The summed E-state index contributed by atoms with van der Waals surface area (Å²) in [4.78, 5) is 25.4. The van der Waals surface area contributed by atoms with Gasteiger partial charge in [0, 0.05) is 16.1 Å². The van der Waals surface area contributed by atoms with E-state index in [-0.39, 0.29) is 17.1 Å². The van der Waals surface area contributed by atoms with Gasteiger partial charge in [0.05, 0.1) is 10.9 Å². The van der Waals surface area contributed by atoms with E-state index >= 15 is 0 Å². The van der Waals surface area contributed by atoms with E-state index in [4.69, 9.17) is 0 Å². The van der Waals surface area contributed by atoms with Crippen molar-refractivity contribution in [2.24, 2.45) is 0 Å². The fourth-order valence-corrected chi connectivity index (χ4v) is 3.86. The normalized spacial score (nSPS) is 15.6. The zero-order chi connectivity index (χ0) is 18.8. The Labute approximate surface area is 162 Å². The lowest BCUT2D eigenvalue weighted by atomic mass is 10.1. The maximum atomic E-state index is 12.6. The van der Waals surface area contributed by atoms with Crippen LogP contribution in [-0.2, 0) is 4.79 Å². The molecule has 3 aromatic carbocycles. The van der Waals surface area contributed by atoms with Gasteiger partial charge >= 0.3 is 0 Å². The molecule has 2 amide bonds. The third kappa shape index (κ3) is 3.73. The van der Waals surface area contributed by atoms with Crippen LogP contribution in [0.5, 0.6) is 0 Å². The summed E-state index contributed by atoms with van der Waals surface area (Å²) in [5.74, 6) is -0.246. The Morgan fingerprint density at radius 1 is 0.963 bits per heavy atom. The first kappa shape index (κ1) is 17.4. The summed E-state index contributed by atoms with van der Waals surface area (Å²) in [6.07, 6.45) is 0. The number of thioether (sulfide) groups is 1. The van der Waals surface area contributed by atoms with Gasteiger partial charge in [0.1, 0.15) is 0 Å². The maximum absolute atomic E-state index is 12.6. The van der Waals surface area contributed by atoms with Crippen molar-refractivity contribution in [1.82, 2.24) is 0 Å². The molecule has 0 fully saturated rings. The smallest absolute Gasteiger partial charge is 0.255 e. The number of carbonyl (C=O) groups excluding carboxylic acids is 2. The number of nitrogens with one attached hydrogen (secondary N) is 2. The van der Waals surface area contributed by atoms with Crippen LogP contribution in [0.3, 0.4) is 0 Å². The molecule has 0 radical (unpaired) electrons. The van der Waals surface area contributed by atoms with E-state index in [1.165, 1.54) is 11.8 Å². The summed E-state index contributed by atoms with van der Waals surface area (Å²) in [6.45, 7) is 1.86. The molecule has 0 spiro atoms. The third-order valence-electron chi connectivity index (χ3n) is 4.42.